The van der Waals surface area contributed by atoms with Crippen LogP contribution < -0.4 is 0 Å². The van der Waals surface area contributed by atoms with E-state index in [0.717, 1.165) is 51.9 Å². The molecule has 0 bridgehead atoms. The molecule has 0 saturated heterocycles. The molecule has 5 nitrogen and oxygen atoms in total. The molecule has 65 heavy (non-hydrogen) atoms. The van der Waals surface area contributed by atoms with Gasteiger partial charge in [0.05, 0.1) is 25.2 Å². The number of hydrogen-bond acceptors (Lipinski definition) is 5. The van der Waals surface area contributed by atoms with Gasteiger partial charge in [-0.15, -0.1) is 0 Å². The van der Waals surface area contributed by atoms with Crippen molar-refractivity contribution in [2.24, 2.45) is 5.41 Å². The third kappa shape index (κ3) is 51.0. The number of ether oxygens (including phenoxy) is 4. The van der Waals surface area contributed by atoms with Crippen molar-refractivity contribution in [3.05, 3.63) is 0 Å². The van der Waals surface area contributed by atoms with Gasteiger partial charge in [-0.1, -0.05) is 297 Å². The molecule has 0 saturated carbocycles. The summed E-state index contributed by atoms with van der Waals surface area (Å²) in [5.41, 5.74) is -0.471. The molecule has 0 heterocycles. The fourth-order valence-corrected chi connectivity index (χ4v) is 9.31. The van der Waals surface area contributed by atoms with Gasteiger partial charge in [0.25, 0.3) is 0 Å². The molecule has 0 N–H and O–H groups in total. The number of carbonyl (C=O) groups excluding carboxylic acids is 1. The van der Waals surface area contributed by atoms with E-state index >= 15 is 0 Å². The van der Waals surface area contributed by atoms with E-state index in [1.54, 1.807) is 0 Å². The van der Waals surface area contributed by atoms with Gasteiger partial charge >= 0.3 is 5.97 Å². The second-order valence-electron chi connectivity index (χ2n) is 20.9. The standard InChI is InChI=1S/C60H120O5/c1-5-9-13-17-20-23-26-29-32-35-38-41-44-48-52-62-55-60(58-65-59(61)51-47-16-12-8-4,56-63-53-49-45-42-39-36-33-30-27-24-21-18-14-10-6-2)57-64-54-50-46-43-40-37-34-31-28-25-22-19-15-11-7-3/h5-58H2,1-4H3. The van der Waals surface area contributed by atoms with E-state index in [2.05, 4.69) is 27.7 Å². The summed E-state index contributed by atoms with van der Waals surface area (Å²) in [6.07, 6.45) is 61.8. The van der Waals surface area contributed by atoms with Crippen LogP contribution in [0.1, 0.15) is 329 Å². The lowest BCUT2D eigenvalue weighted by atomic mass is 9.92. The van der Waals surface area contributed by atoms with Crippen LogP contribution in [-0.2, 0) is 23.7 Å². The average molecular weight is 922 g/mol. The van der Waals surface area contributed by atoms with Crippen LogP contribution in [0.4, 0.5) is 0 Å². The van der Waals surface area contributed by atoms with Gasteiger partial charge in [0.1, 0.15) is 6.61 Å². The molecule has 0 rings (SSSR count). The molecule has 0 atom stereocenters. The zero-order chi connectivity index (χ0) is 47.1. The van der Waals surface area contributed by atoms with Gasteiger partial charge in [0, 0.05) is 26.2 Å². The summed E-state index contributed by atoms with van der Waals surface area (Å²) in [6.45, 7) is 13.2. The number of esters is 1. The van der Waals surface area contributed by atoms with Crippen molar-refractivity contribution in [3.63, 3.8) is 0 Å². The van der Waals surface area contributed by atoms with E-state index in [-0.39, 0.29) is 5.97 Å². The maximum Gasteiger partial charge on any atom is 0.305 e. The zero-order valence-corrected chi connectivity index (χ0v) is 45.2. The van der Waals surface area contributed by atoms with Crippen LogP contribution in [0.3, 0.4) is 0 Å². The largest absolute Gasteiger partial charge is 0.465 e. The molecule has 0 aliphatic carbocycles. The van der Waals surface area contributed by atoms with Crippen LogP contribution in [0.2, 0.25) is 0 Å². The summed E-state index contributed by atoms with van der Waals surface area (Å²) in [4.78, 5) is 13.0. The highest BCUT2D eigenvalue weighted by Gasteiger charge is 2.34. The summed E-state index contributed by atoms with van der Waals surface area (Å²) >= 11 is 0. The second kappa shape index (κ2) is 55.9. The molecule has 0 unspecified atom stereocenters. The Morgan fingerprint density at radius 2 is 0.462 bits per heavy atom. The topological polar surface area (TPSA) is 54.0 Å². The Bertz CT molecular complexity index is 789. The van der Waals surface area contributed by atoms with E-state index in [1.807, 2.05) is 0 Å². The van der Waals surface area contributed by atoms with Crippen LogP contribution in [0.25, 0.3) is 0 Å². The summed E-state index contributed by atoms with van der Waals surface area (Å²) in [6, 6.07) is 0. The van der Waals surface area contributed by atoms with E-state index in [1.165, 1.54) is 263 Å². The van der Waals surface area contributed by atoms with E-state index < -0.39 is 5.41 Å². The van der Waals surface area contributed by atoms with Gasteiger partial charge in [0.15, 0.2) is 0 Å². The molecule has 0 aliphatic rings. The highest BCUT2D eigenvalue weighted by molar-refractivity contribution is 5.69. The molecule has 5 heteroatoms. The first-order valence-corrected chi connectivity index (χ1v) is 30.0. The van der Waals surface area contributed by atoms with Crippen LogP contribution in [-0.4, -0.2) is 52.2 Å². The highest BCUT2D eigenvalue weighted by Crippen LogP contribution is 2.24. The Kier molecular flexibility index (Phi) is 55.4. The Morgan fingerprint density at radius 1 is 0.262 bits per heavy atom. The van der Waals surface area contributed by atoms with Gasteiger partial charge in [-0.25, -0.2) is 0 Å². The minimum atomic E-state index is -0.471. The first kappa shape index (κ1) is 64.3. The zero-order valence-electron chi connectivity index (χ0n) is 45.2. The van der Waals surface area contributed by atoms with Gasteiger partial charge in [-0.2, -0.15) is 0 Å². The van der Waals surface area contributed by atoms with Crippen molar-refractivity contribution >= 4 is 5.97 Å². The number of hydrogen-bond donors (Lipinski definition) is 0. The van der Waals surface area contributed by atoms with Gasteiger partial charge in [-0.05, 0) is 25.7 Å². The average Bonchev–Trinajstić information content (AvgIpc) is 3.31. The molecule has 390 valence electrons. The van der Waals surface area contributed by atoms with Crippen LogP contribution >= 0.6 is 0 Å². The van der Waals surface area contributed by atoms with Crippen molar-refractivity contribution in [2.45, 2.75) is 329 Å². The molecule has 0 spiro atoms. The Morgan fingerprint density at radius 3 is 0.692 bits per heavy atom. The first-order valence-electron chi connectivity index (χ1n) is 30.0. The Balaban J connectivity index is 4.86. The molecule has 0 aromatic rings. The first-order chi connectivity index (χ1) is 32.1. The summed E-state index contributed by atoms with van der Waals surface area (Å²) in [5.74, 6) is -0.0867. The highest BCUT2D eigenvalue weighted by atomic mass is 16.5. The molecule has 0 aromatic carbocycles. The molecule has 0 aliphatic heterocycles. The molecule has 0 aromatic heterocycles. The van der Waals surface area contributed by atoms with Crippen LogP contribution in [0.15, 0.2) is 0 Å². The monoisotopic (exact) mass is 921 g/mol. The predicted molar refractivity (Wildman–Crippen MR) is 286 cm³/mol. The summed E-state index contributed by atoms with van der Waals surface area (Å²) in [5, 5.41) is 0. The normalized spacial score (nSPS) is 11.9. The van der Waals surface area contributed by atoms with E-state index in [9.17, 15) is 4.79 Å². The SMILES string of the molecule is CCCCCCCCCCCCCCCCOCC(COCCCCCCCCCCCCCCCC)(COCCCCCCCCCCCCCCCC)COC(=O)CCCCCC. The van der Waals surface area contributed by atoms with Crippen molar-refractivity contribution in [1.29, 1.82) is 0 Å². The Labute approximate surface area is 409 Å². The quantitative estimate of drug-likeness (QED) is 0.0449. The molecular weight excluding hydrogens is 801 g/mol. The third-order valence-electron chi connectivity index (χ3n) is 13.9. The Hall–Kier alpha value is -0.650. The predicted octanol–water partition coefficient (Wildman–Crippen LogP) is 20.0. The molecular formula is C60H120O5. The lowest BCUT2D eigenvalue weighted by Crippen LogP contribution is -2.42. The second-order valence-corrected chi connectivity index (χ2v) is 20.9. The van der Waals surface area contributed by atoms with Crippen LogP contribution in [0.5, 0.6) is 0 Å². The summed E-state index contributed by atoms with van der Waals surface area (Å²) in [7, 11) is 0. The minimum absolute atomic E-state index is 0.0867. The molecule has 0 radical (unpaired) electrons. The van der Waals surface area contributed by atoms with Crippen molar-refractivity contribution in [3.8, 4) is 0 Å². The van der Waals surface area contributed by atoms with Crippen molar-refractivity contribution in [2.75, 3.05) is 46.2 Å². The van der Waals surface area contributed by atoms with E-state index in [4.69, 9.17) is 18.9 Å². The number of rotatable bonds is 58. The smallest absolute Gasteiger partial charge is 0.305 e. The fourth-order valence-electron chi connectivity index (χ4n) is 9.31. The lowest BCUT2D eigenvalue weighted by molar-refractivity contribution is -0.156. The number of carbonyl (C=O) groups is 1. The maximum atomic E-state index is 13.0. The van der Waals surface area contributed by atoms with Gasteiger partial charge < -0.3 is 18.9 Å². The molecule has 0 fully saturated rings. The lowest BCUT2D eigenvalue weighted by Gasteiger charge is -2.33. The number of unbranched alkanes of at least 4 members (excludes halogenated alkanes) is 42. The van der Waals surface area contributed by atoms with Crippen molar-refractivity contribution in [1.82, 2.24) is 0 Å². The van der Waals surface area contributed by atoms with Gasteiger partial charge in [-0.3, -0.25) is 4.79 Å². The van der Waals surface area contributed by atoms with E-state index in [0.29, 0.717) is 32.8 Å². The maximum absolute atomic E-state index is 13.0. The van der Waals surface area contributed by atoms with Gasteiger partial charge in [0.2, 0.25) is 0 Å². The molecule has 0 amide bonds. The summed E-state index contributed by atoms with van der Waals surface area (Å²) < 4.78 is 25.4. The third-order valence-corrected chi connectivity index (χ3v) is 13.9. The van der Waals surface area contributed by atoms with Crippen LogP contribution in [0, 0.1) is 5.41 Å². The minimum Gasteiger partial charge on any atom is -0.465 e. The fraction of sp³-hybridized carbons (Fsp3) is 0.983. The van der Waals surface area contributed by atoms with Crippen molar-refractivity contribution < 1.29 is 23.7 Å².